The number of aromatic carboxylic acids is 1. The Morgan fingerprint density at radius 1 is 0.761 bits per heavy atom. The lowest BCUT2D eigenvalue weighted by Crippen LogP contribution is -2.41. The Balaban J connectivity index is 1.47. The molecule has 0 aliphatic carbocycles. The number of carboxylic acid groups (broad SMARTS) is 1. The number of halogens is 4. The zero-order valence-corrected chi connectivity index (χ0v) is 28.2. The molecule has 0 fully saturated rings. The molecule has 0 saturated carbocycles. The molecule has 9 heteroatoms. The van der Waals surface area contributed by atoms with Gasteiger partial charge in [0.25, 0.3) is 0 Å². The molecular formula is C37H30Cl4N2O3. The highest BCUT2D eigenvalue weighted by molar-refractivity contribution is 6.53. The fourth-order valence-electron chi connectivity index (χ4n) is 8.82. The van der Waals surface area contributed by atoms with Crippen LogP contribution in [0, 0.1) is 0 Å². The summed E-state index contributed by atoms with van der Waals surface area (Å²) in [6.45, 7) is 4.21. The molecule has 0 unspecified atom stereocenters. The van der Waals surface area contributed by atoms with Gasteiger partial charge in [-0.05, 0) is 79.7 Å². The number of carbonyl (C=O) groups excluding carboxylic acids is 1. The number of carboxylic acids is 1. The van der Waals surface area contributed by atoms with Crippen molar-refractivity contribution in [2.24, 2.45) is 0 Å². The Kier molecular flexibility index (Phi) is 6.84. The molecule has 0 atom stereocenters. The lowest BCUT2D eigenvalue weighted by Gasteiger charge is -2.38. The van der Waals surface area contributed by atoms with E-state index in [1.165, 1.54) is 38.7 Å². The first-order valence-electron chi connectivity index (χ1n) is 16.3. The standard InChI is InChI=1S/C37H30Cl4N2O3/c38-29-27(28(37(44)45)30(39)32(41)31(29)40)26-22-11-10-20-21-8-4-14-43-13-3-7-19(33(21)43)16-24(20)35(22)46-36-23-9-5-15-42-12-2-1-6-18(34(23)42)17-25(26)36/h10-11,16-17H,1-9,12-15H2. The van der Waals surface area contributed by atoms with E-state index >= 15 is 0 Å². The van der Waals surface area contributed by atoms with E-state index in [0.717, 1.165) is 106 Å². The molecule has 5 aliphatic heterocycles. The average molecular weight is 692 g/mol. The molecule has 4 aromatic carbocycles. The fraction of sp³-hybridized carbons (Fsp3) is 0.351. The van der Waals surface area contributed by atoms with Gasteiger partial charge < -0.3 is 19.5 Å². The number of ether oxygens (including phenoxy) is 1. The lowest BCUT2D eigenvalue weighted by atomic mass is 9.83. The van der Waals surface area contributed by atoms with Crippen LogP contribution in [-0.2, 0) is 25.7 Å². The molecule has 0 radical (unpaired) electrons. The zero-order chi connectivity index (χ0) is 31.4. The van der Waals surface area contributed by atoms with Crippen molar-refractivity contribution in [3.63, 3.8) is 0 Å². The summed E-state index contributed by atoms with van der Waals surface area (Å²) in [5.41, 5.74) is 7.85. The molecular weight excluding hydrogens is 662 g/mol. The Hall–Kier alpha value is -2.96. The second-order valence-corrected chi connectivity index (χ2v) is 14.7. The van der Waals surface area contributed by atoms with Gasteiger partial charge in [-0.3, -0.25) is 0 Å². The largest absolute Gasteiger partial charge is 0.545 e. The predicted molar refractivity (Wildman–Crippen MR) is 183 cm³/mol. The second-order valence-electron chi connectivity index (χ2n) is 13.2. The van der Waals surface area contributed by atoms with Crippen LogP contribution in [0.2, 0.25) is 20.1 Å². The molecule has 0 N–H and O–H groups in total. The molecule has 0 amide bonds. The minimum atomic E-state index is -1.47. The van der Waals surface area contributed by atoms with Crippen LogP contribution in [0.25, 0.3) is 16.3 Å². The lowest BCUT2D eigenvalue weighted by molar-refractivity contribution is -0.255. The minimum Gasteiger partial charge on any atom is -0.545 e. The summed E-state index contributed by atoms with van der Waals surface area (Å²) in [6.07, 6.45) is 9.27. The third-order valence-electron chi connectivity index (χ3n) is 10.7. The highest BCUT2D eigenvalue weighted by Crippen LogP contribution is 2.51. The highest BCUT2D eigenvalue weighted by atomic mass is 35.5. The third kappa shape index (κ3) is 4.08. The SMILES string of the molecule is O=C([O-])c1c(Cl)c(Cl)c(Cl)c(Cl)c1C1=c2cc3c4c(c2Oc2c1ccc1c5c6c(cc21)CCCN6CCC5)CCC[N+]=4CCCC3. The Labute approximate surface area is 286 Å². The van der Waals surface area contributed by atoms with Gasteiger partial charge in [0.1, 0.15) is 24.6 Å². The molecule has 5 nitrogen and oxygen atoms in total. The van der Waals surface area contributed by atoms with Crippen LogP contribution in [0.5, 0.6) is 11.5 Å². The van der Waals surface area contributed by atoms with Crippen LogP contribution in [-0.4, -0.2) is 32.1 Å². The van der Waals surface area contributed by atoms with Crippen LogP contribution in [0.4, 0.5) is 5.69 Å². The zero-order valence-electron chi connectivity index (χ0n) is 25.1. The molecule has 4 aromatic rings. The Bertz CT molecular complexity index is 2210. The second kappa shape index (κ2) is 10.8. The van der Waals surface area contributed by atoms with Gasteiger partial charge >= 0.3 is 0 Å². The molecule has 5 aliphatic rings. The van der Waals surface area contributed by atoms with Gasteiger partial charge in [0.2, 0.25) is 5.36 Å². The summed E-state index contributed by atoms with van der Waals surface area (Å²) < 4.78 is 9.66. The molecule has 0 saturated heterocycles. The van der Waals surface area contributed by atoms with E-state index in [2.05, 4.69) is 33.7 Å². The van der Waals surface area contributed by atoms with Gasteiger partial charge in [-0.15, -0.1) is 0 Å². The van der Waals surface area contributed by atoms with E-state index in [-0.39, 0.29) is 31.2 Å². The highest BCUT2D eigenvalue weighted by Gasteiger charge is 2.35. The molecule has 0 aromatic heterocycles. The Morgan fingerprint density at radius 3 is 2.33 bits per heavy atom. The van der Waals surface area contributed by atoms with Gasteiger partial charge in [0, 0.05) is 70.1 Å². The number of aryl methyl sites for hydroxylation is 3. The van der Waals surface area contributed by atoms with Crippen LogP contribution < -0.4 is 29.9 Å². The van der Waals surface area contributed by atoms with Crippen molar-refractivity contribution in [2.45, 2.75) is 57.8 Å². The number of fused-ring (bicyclic) bond motifs is 6. The number of rotatable bonds is 2. The molecule has 234 valence electrons. The maximum atomic E-state index is 12.9. The van der Waals surface area contributed by atoms with Gasteiger partial charge in [0.15, 0.2) is 0 Å². The first kappa shape index (κ1) is 29.2. The topological polar surface area (TPSA) is 55.6 Å². The molecule has 0 spiro atoms. The van der Waals surface area contributed by atoms with E-state index < -0.39 is 5.97 Å². The summed E-state index contributed by atoms with van der Waals surface area (Å²) in [5.74, 6) is 0.00589. The quantitative estimate of drug-likeness (QED) is 0.118. The van der Waals surface area contributed by atoms with E-state index in [9.17, 15) is 9.90 Å². The van der Waals surface area contributed by atoms with Crippen molar-refractivity contribution < 1.29 is 14.6 Å². The molecule has 9 rings (SSSR count). The average Bonchev–Trinajstić information content (AvgIpc) is 3.28. The van der Waals surface area contributed by atoms with Crippen molar-refractivity contribution in [1.29, 1.82) is 0 Å². The third-order valence-corrected chi connectivity index (χ3v) is 12.5. The van der Waals surface area contributed by atoms with Crippen molar-refractivity contribution in [3.8, 4) is 11.5 Å². The fourth-order valence-corrected chi connectivity index (χ4v) is 9.85. The van der Waals surface area contributed by atoms with Crippen LogP contribution in [0.1, 0.15) is 75.8 Å². The van der Waals surface area contributed by atoms with Gasteiger partial charge in [0.05, 0.1) is 31.6 Å². The first-order valence-corrected chi connectivity index (χ1v) is 17.8. The number of anilines is 1. The molecule has 0 bridgehead atoms. The van der Waals surface area contributed by atoms with Crippen molar-refractivity contribution >= 4 is 74.4 Å². The van der Waals surface area contributed by atoms with Crippen molar-refractivity contribution in [2.75, 3.05) is 31.1 Å². The summed E-state index contributed by atoms with van der Waals surface area (Å²) in [5, 5.41) is 16.9. The number of hydrogen-bond acceptors (Lipinski definition) is 4. The normalized spacial score (nSPS) is 18.0. The van der Waals surface area contributed by atoms with Crippen LogP contribution >= 0.6 is 46.4 Å². The van der Waals surface area contributed by atoms with E-state index in [1.54, 1.807) is 0 Å². The Morgan fingerprint density at radius 2 is 1.50 bits per heavy atom. The smallest absolute Gasteiger partial charge is 0.210 e. The summed E-state index contributed by atoms with van der Waals surface area (Å²) >= 11 is 26.8. The maximum Gasteiger partial charge on any atom is 0.210 e. The first-order chi connectivity index (χ1) is 22.3. The number of benzene rings is 4. The molecule has 5 heterocycles. The van der Waals surface area contributed by atoms with E-state index in [0.29, 0.717) is 11.3 Å². The van der Waals surface area contributed by atoms with E-state index in [1.807, 2.05) is 0 Å². The number of carbonyl (C=O) groups is 1. The van der Waals surface area contributed by atoms with Gasteiger partial charge in [-0.2, -0.15) is 0 Å². The molecule has 46 heavy (non-hydrogen) atoms. The van der Waals surface area contributed by atoms with Gasteiger partial charge in [-0.25, -0.2) is 4.58 Å². The van der Waals surface area contributed by atoms with E-state index in [4.69, 9.17) is 51.1 Å². The van der Waals surface area contributed by atoms with Gasteiger partial charge in [-0.1, -0.05) is 52.5 Å². The predicted octanol–water partition coefficient (Wildman–Crippen LogP) is 6.64. The van der Waals surface area contributed by atoms with Crippen molar-refractivity contribution in [1.82, 2.24) is 4.58 Å². The monoisotopic (exact) mass is 690 g/mol. The summed E-state index contributed by atoms with van der Waals surface area (Å²) in [4.78, 5) is 15.4. The van der Waals surface area contributed by atoms with Crippen LogP contribution in [0.3, 0.4) is 0 Å². The summed E-state index contributed by atoms with van der Waals surface area (Å²) in [7, 11) is 0. The van der Waals surface area contributed by atoms with Crippen LogP contribution in [0.15, 0.2) is 24.3 Å². The number of nitrogens with zero attached hydrogens (tertiary/aromatic N) is 2. The minimum absolute atomic E-state index is 0.0112. The van der Waals surface area contributed by atoms with Crippen molar-refractivity contribution in [3.05, 3.63) is 93.9 Å². The summed E-state index contributed by atoms with van der Waals surface area (Å²) in [6, 6.07) is 8.70. The number of hydrogen-bond donors (Lipinski definition) is 0. The maximum absolute atomic E-state index is 12.9.